The fourth-order valence-corrected chi connectivity index (χ4v) is 10.9. The number of rotatable bonds is 67. The fraction of sp³-hybridized carbons (Fsp3) is 0.840. The second kappa shape index (κ2) is 70.9. The highest BCUT2D eigenvalue weighted by molar-refractivity contribution is 5.70. The standard InChI is InChI=1S/C75H138O5/c1-3-5-7-9-11-13-15-17-19-21-23-25-27-29-31-33-34-35-36-37-38-39-40-42-43-45-47-49-51-53-55-57-59-61-63-65-67-69-74(77)79-72-73(71-76)80-75(78)70-68-66-64-62-60-58-56-54-52-50-48-46-44-41-32-30-28-26-24-22-20-18-16-14-12-10-8-6-4-2/h15-18,21-24,28,30,73,76H,3-14,19-20,25-27,29,31-72H2,1-2H3/b17-15-,18-16-,23-21-,24-22-,30-28-. The molecule has 0 spiro atoms. The summed E-state index contributed by atoms with van der Waals surface area (Å²) in [4.78, 5) is 24.7. The van der Waals surface area contributed by atoms with Crippen molar-refractivity contribution in [3.8, 4) is 0 Å². The molecule has 0 rings (SSSR count). The van der Waals surface area contributed by atoms with Crippen LogP contribution in [0.1, 0.15) is 386 Å². The smallest absolute Gasteiger partial charge is 0.306 e. The van der Waals surface area contributed by atoms with Gasteiger partial charge in [0.2, 0.25) is 0 Å². The highest BCUT2D eigenvalue weighted by Crippen LogP contribution is 2.19. The lowest BCUT2D eigenvalue weighted by atomic mass is 10.0. The van der Waals surface area contributed by atoms with Crippen LogP contribution in [-0.2, 0) is 19.1 Å². The van der Waals surface area contributed by atoms with Gasteiger partial charge in [0.25, 0.3) is 0 Å². The third-order valence-corrected chi connectivity index (χ3v) is 16.3. The van der Waals surface area contributed by atoms with E-state index in [1.807, 2.05) is 0 Å². The molecule has 0 radical (unpaired) electrons. The Kier molecular flexibility index (Phi) is 68.7. The van der Waals surface area contributed by atoms with Crippen LogP contribution in [0.15, 0.2) is 60.8 Å². The van der Waals surface area contributed by atoms with Gasteiger partial charge in [-0.05, 0) is 83.5 Å². The molecule has 0 fully saturated rings. The van der Waals surface area contributed by atoms with Crippen molar-refractivity contribution in [3.05, 3.63) is 60.8 Å². The van der Waals surface area contributed by atoms with Crippen LogP contribution in [0.25, 0.3) is 0 Å². The Hall–Kier alpha value is -2.40. The van der Waals surface area contributed by atoms with Gasteiger partial charge in [0.05, 0.1) is 6.61 Å². The quantitative estimate of drug-likeness (QED) is 0.0373. The maximum absolute atomic E-state index is 12.4. The Bertz CT molecular complexity index is 1360. The summed E-state index contributed by atoms with van der Waals surface area (Å²) in [5, 5.41) is 9.70. The first kappa shape index (κ1) is 77.6. The van der Waals surface area contributed by atoms with E-state index in [2.05, 4.69) is 74.6 Å². The second-order valence-corrected chi connectivity index (χ2v) is 24.3. The van der Waals surface area contributed by atoms with Crippen LogP contribution in [0.2, 0.25) is 0 Å². The number of esters is 2. The molecule has 5 nitrogen and oxygen atoms in total. The largest absolute Gasteiger partial charge is 0.462 e. The first-order valence-corrected chi connectivity index (χ1v) is 35.8. The zero-order valence-corrected chi connectivity index (χ0v) is 53.9. The minimum atomic E-state index is -0.773. The van der Waals surface area contributed by atoms with Gasteiger partial charge in [0.1, 0.15) is 6.61 Å². The molecule has 468 valence electrons. The third kappa shape index (κ3) is 68.1. The molecular weight excluding hydrogens is 981 g/mol. The summed E-state index contributed by atoms with van der Waals surface area (Å²) in [6.07, 6.45) is 96.9. The molecule has 1 N–H and O–H groups in total. The SMILES string of the molecule is CCCCCCC/C=C\C/C=C\C/C=C\CCCCCCCCCCCCCCCCC(=O)OC(CO)COC(=O)CCCCCCCCCCCCCCCCCCCCCCCCCCC/C=C\C/C=C\CCCCCCC. The van der Waals surface area contributed by atoms with E-state index in [1.54, 1.807) is 0 Å². The molecule has 0 heterocycles. The predicted octanol–water partition coefficient (Wildman–Crippen LogP) is 24.9. The number of ether oxygens (including phenoxy) is 2. The van der Waals surface area contributed by atoms with E-state index in [0.29, 0.717) is 12.8 Å². The van der Waals surface area contributed by atoms with Crippen molar-refractivity contribution in [2.75, 3.05) is 13.2 Å². The highest BCUT2D eigenvalue weighted by atomic mass is 16.6. The van der Waals surface area contributed by atoms with Gasteiger partial charge < -0.3 is 14.6 Å². The fourth-order valence-electron chi connectivity index (χ4n) is 10.9. The van der Waals surface area contributed by atoms with E-state index in [1.165, 1.54) is 302 Å². The number of unbranched alkanes of at least 4 members (excludes halogenated alkanes) is 49. The summed E-state index contributed by atoms with van der Waals surface area (Å²) in [6, 6.07) is 0. The molecule has 0 aliphatic carbocycles. The van der Waals surface area contributed by atoms with Crippen molar-refractivity contribution >= 4 is 11.9 Å². The molecule has 0 aromatic carbocycles. The summed E-state index contributed by atoms with van der Waals surface area (Å²) in [7, 11) is 0. The Morgan fingerprint density at radius 1 is 0.287 bits per heavy atom. The lowest BCUT2D eigenvalue weighted by Gasteiger charge is -2.15. The summed E-state index contributed by atoms with van der Waals surface area (Å²) >= 11 is 0. The lowest BCUT2D eigenvalue weighted by molar-refractivity contribution is -0.161. The van der Waals surface area contributed by atoms with Crippen molar-refractivity contribution in [2.24, 2.45) is 0 Å². The number of aliphatic hydroxyl groups is 1. The monoisotopic (exact) mass is 1120 g/mol. The van der Waals surface area contributed by atoms with Crippen LogP contribution in [0, 0.1) is 0 Å². The number of hydrogen-bond donors (Lipinski definition) is 1. The van der Waals surface area contributed by atoms with Gasteiger partial charge in [0, 0.05) is 12.8 Å². The zero-order chi connectivity index (χ0) is 57.6. The van der Waals surface area contributed by atoms with E-state index >= 15 is 0 Å². The first-order valence-electron chi connectivity index (χ1n) is 35.8. The Balaban J connectivity index is 3.40. The van der Waals surface area contributed by atoms with Crippen molar-refractivity contribution in [3.63, 3.8) is 0 Å². The number of allylic oxidation sites excluding steroid dienone is 10. The van der Waals surface area contributed by atoms with Crippen molar-refractivity contribution in [1.82, 2.24) is 0 Å². The number of aliphatic hydroxyl groups excluding tert-OH is 1. The molecule has 0 aromatic rings. The topological polar surface area (TPSA) is 72.8 Å². The van der Waals surface area contributed by atoms with Crippen LogP contribution in [0.3, 0.4) is 0 Å². The Morgan fingerprint density at radius 2 is 0.500 bits per heavy atom. The Labute approximate surface area is 500 Å². The van der Waals surface area contributed by atoms with E-state index in [4.69, 9.17) is 9.47 Å². The molecule has 0 saturated heterocycles. The minimum absolute atomic E-state index is 0.0622. The summed E-state index contributed by atoms with van der Waals surface area (Å²) in [5.41, 5.74) is 0. The van der Waals surface area contributed by atoms with Crippen molar-refractivity contribution in [1.29, 1.82) is 0 Å². The summed E-state index contributed by atoms with van der Waals surface area (Å²) < 4.78 is 10.8. The maximum atomic E-state index is 12.4. The highest BCUT2D eigenvalue weighted by Gasteiger charge is 2.16. The molecule has 0 aromatic heterocycles. The molecule has 0 aliphatic heterocycles. The predicted molar refractivity (Wildman–Crippen MR) is 353 cm³/mol. The lowest BCUT2D eigenvalue weighted by Crippen LogP contribution is -2.28. The van der Waals surface area contributed by atoms with Crippen molar-refractivity contribution < 1.29 is 24.2 Å². The molecule has 1 unspecified atom stereocenters. The molecule has 0 amide bonds. The van der Waals surface area contributed by atoms with Gasteiger partial charge in [-0.3, -0.25) is 9.59 Å². The van der Waals surface area contributed by atoms with E-state index in [-0.39, 0.29) is 25.2 Å². The Morgan fingerprint density at radius 3 is 0.750 bits per heavy atom. The normalized spacial score (nSPS) is 12.5. The second-order valence-electron chi connectivity index (χ2n) is 24.3. The van der Waals surface area contributed by atoms with E-state index in [0.717, 1.165) is 57.8 Å². The first-order chi connectivity index (χ1) is 39.6. The minimum Gasteiger partial charge on any atom is -0.462 e. The van der Waals surface area contributed by atoms with Crippen LogP contribution < -0.4 is 0 Å². The van der Waals surface area contributed by atoms with Gasteiger partial charge in [-0.25, -0.2) is 0 Å². The van der Waals surface area contributed by atoms with Crippen LogP contribution in [0.4, 0.5) is 0 Å². The average Bonchev–Trinajstić information content (AvgIpc) is 3.46. The van der Waals surface area contributed by atoms with Crippen LogP contribution in [-0.4, -0.2) is 36.4 Å². The summed E-state index contributed by atoms with van der Waals surface area (Å²) in [5.74, 6) is -0.572. The van der Waals surface area contributed by atoms with E-state index < -0.39 is 6.10 Å². The summed E-state index contributed by atoms with van der Waals surface area (Å²) in [6.45, 7) is 4.17. The molecule has 1 atom stereocenters. The number of carbonyl (C=O) groups is 2. The molecule has 5 heteroatoms. The molecule has 0 bridgehead atoms. The van der Waals surface area contributed by atoms with Crippen LogP contribution in [0.5, 0.6) is 0 Å². The number of hydrogen-bond acceptors (Lipinski definition) is 5. The molecular formula is C75H138O5. The van der Waals surface area contributed by atoms with Gasteiger partial charge in [0.15, 0.2) is 6.10 Å². The van der Waals surface area contributed by atoms with Gasteiger partial charge >= 0.3 is 11.9 Å². The zero-order valence-electron chi connectivity index (χ0n) is 53.9. The number of carbonyl (C=O) groups excluding carboxylic acids is 2. The molecule has 0 saturated carbocycles. The average molecular weight is 1120 g/mol. The van der Waals surface area contributed by atoms with Gasteiger partial charge in [-0.2, -0.15) is 0 Å². The van der Waals surface area contributed by atoms with Crippen molar-refractivity contribution in [2.45, 2.75) is 392 Å². The third-order valence-electron chi connectivity index (χ3n) is 16.3. The van der Waals surface area contributed by atoms with Gasteiger partial charge in [-0.1, -0.05) is 351 Å². The van der Waals surface area contributed by atoms with E-state index in [9.17, 15) is 14.7 Å². The molecule has 80 heavy (non-hydrogen) atoms. The van der Waals surface area contributed by atoms with Crippen LogP contribution >= 0.6 is 0 Å². The molecule has 0 aliphatic rings. The van der Waals surface area contributed by atoms with Gasteiger partial charge in [-0.15, -0.1) is 0 Å². The maximum Gasteiger partial charge on any atom is 0.306 e.